The van der Waals surface area contributed by atoms with Gasteiger partial charge in [0.15, 0.2) is 5.78 Å². The second kappa shape index (κ2) is 7.59. The van der Waals surface area contributed by atoms with Gasteiger partial charge in [-0.05, 0) is 85.0 Å². The molecule has 7 atom stereocenters. The van der Waals surface area contributed by atoms with Crippen molar-refractivity contribution in [3.8, 4) is 0 Å². The van der Waals surface area contributed by atoms with E-state index in [0.717, 1.165) is 24.2 Å². The molecule has 3 fully saturated rings. The summed E-state index contributed by atoms with van der Waals surface area (Å²) in [5.74, 6) is 4.73. The summed E-state index contributed by atoms with van der Waals surface area (Å²) in [7, 11) is 0. The zero-order valence-electron chi connectivity index (χ0n) is 19.2. The molecule has 0 radical (unpaired) electrons. The lowest BCUT2D eigenvalue weighted by Crippen LogP contribution is -2.51. The number of rotatable bonds is 5. The summed E-state index contributed by atoms with van der Waals surface area (Å²) < 4.78 is 0. The van der Waals surface area contributed by atoms with Crippen molar-refractivity contribution in [2.24, 2.45) is 46.3 Å². The third-order valence-corrected chi connectivity index (χ3v) is 10.0. The van der Waals surface area contributed by atoms with Crippen molar-refractivity contribution in [3.63, 3.8) is 0 Å². The molecule has 4 aliphatic rings. The Labute approximate surface area is 174 Å². The molecular weight excluding hydrogens is 340 g/mol. The summed E-state index contributed by atoms with van der Waals surface area (Å²) in [5.41, 5.74) is 2.32. The van der Waals surface area contributed by atoms with Gasteiger partial charge in [0.1, 0.15) is 0 Å². The number of fused-ring (bicyclic) bond motifs is 5. The minimum absolute atomic E-state index is 0.266. The number of hydrogen-bond donors (Lipinski definition) is 0. The number of allylic oxidation sites excluding steroid dienone is 2. The molecule has 3 saturated carbocycles. The van der Waals surface area contributed by atoms with Crippen molar-refractivity contribution in [2.75, 3.05) is 0 Å². The fraction of sp³-hybridized carbons (Fsp3) is 0.889. The first-order valence-electron chi connectivity index (χ1n) is 12.5. The Morgan fingerprint density at radius 3 is 2.39 bits per heavy atom. The van der Waals surface area contributed by atoms with Gasteiger partial charge in [-0.3, -0.25) is 4.79 Å². The lowest BCUT2D eigenvalue weighted by molar-refractivity contribution is -0.128. The van der Waals surface area contributed by atoms with Crippen molar-refractivity contribution in [1.29, 1.82) is 0 Å². The molecule has 1 nitrogen and oxygen atoms in total. The molecule has 0 unspecified atom stereocenters. The quantitative estimate of drug-likeness (QED) is 0.477. The van der Waals surface area contributed by atoms with Gasteiger partial charge in [0.25, 0.3) is 0 Å². The van der Waals surface area contributed by atoms with Crippen molar-refractivity contribution < 1.29 is 4.79 Å². The predicted octanol–water partition coefficient (Wildman–Crippen LogP) is 7.60. The summed E-state index contributed by atoms with van der Waals surface area (Å²) >= 11 is 0. The van der Waals surface area contributed by atoms with Crippen molar-refractivity contribution in [3.05, 3.63) is 11.6 Å². The molecule has 158 valence electrons. The maximum atomic E-state index is 13.1. The van der Waals surface area contributed by atoms with E-state index in [1.165, 1.54) is 64.2 Å². The monoisotopic (exact) mass is 384 g/mol. The highest BCUT2D eigenvalue weighted by atomic mass is 16.1. The average molecular weight is 385 g/mol. The Bertz CT molecular complexity index is 630. The van der Waals surface area contributed by atoms with Crippen LogP contribution in [-0.4, -0.2) is 5.78 Å². The van der Waals surface area contributed by atoms with Crippen LogP contribution < -0.4 is 0 Å². The van der Waals surface area contributed by atoms with Gasteiger partial charge in [-0.15, -0.1) is 0 Å². The third-order valence-electron chi connectivity index (χ3n) is 10.0. The molecule has 0 spiro atoms. The van der Waals surface area contributed by atoms with Crippen molar-refractivity contribution >= 4 is 5.78 Å². The number of hydrogen-bond acceptors (Lipinski definition) is 1. The second-order valence-corrected chi connectivity index (χ2v) is 12.0. The normalized spacial score (nSPS) is 43.9. The molecule has 0 aromatic rings. The summed E-state index contributed by atoms with van der Waals surface area (Å²) in [6.45, 7) is 12.3. The highest BCUT2D eigenvalue weighted by molar-refractivity contribution is 5.94. The van der Waals surface area contributed by atoms with E-state index in [4.69, 9.17) is 0 Å². The fourth-order valence-electron chi connectivity index (χ4n) is 8.44. The molecular formula is C27H44O. The average Bonchev–Trinajstić information content (AvgIpc) is 2.99. The lowest BCUT2D eigenvalue weighted by atomic mass is 9.47. The summed E-state index contributed by atoms with van der Waals surface area (Å²) in [6, 6.07) is 0. The zero-order valence-corrected chi connectivity index (χ0v) is 19.2. The first-order chi connectivity index (χ1) is 13.3. The van der Waals surface area contributed by atoms with Crippen LogP contribution >= 0.6 is 0 Å². The Morgan fingerprint density at radius 1 is 0.893 bits per heavy atom. The summed E-state index contributed by atoms with van der Waals surface area (Å²) in [4.78, 5) is 13.1. The molecule has 0 bridgehead atoms. The van der Waals surface area contributed by atoms with Gasteiger partial charge in [-0.25, -0.2) is 0 Å². The molecule has 4 aliphatic carbocycles. The highest BCUT2D eigenvalue weighted by Gasteiger charge is 2.59. The topological polar surface area (TPSA) is 17.1 Å². The molecule has 28 heavy (non-hydrogen) atoms. The van der Waals surface area contributed by atoms with Crippen LogP contribution in [0.25, 0.3) is 0 Å². The Morgan fingerprint density at radius 2 is 1.64 bits per heavy atom. The molecule has 1 heteroatoms. The van der Waals surface area contributed by atoms with Crippen LogP contribution in [0, 0.1) is 46.3 Å². The molecule has 0 saturated heterocycles. The van der Waals surface area contributed by atoms with Gasteiger partial charge < -0.3 is 0 Å². The number of carbonyl (C=O) groups excluding carboxylic acids is 1. The van der Waals surface area contributed by atoms with Crippen LogP contribution in [0.5, 0.6) is 0 Å². The van der Waals surface area contributed by atoms with E-state index in [0.29, 0.717) is 29.0 Å². The van der Waals surface area contributed by atoms with Gasteiger partial charge in [0.05, 0.1) is 0 Å². The highest BCUT2D eigenvalue weighted by Crippen LogP contribution is 2.66. The Hall–Kier alpha value is -0.590. The Balaban J connectivity index is 1.55. The molecule has 4 rings (SSSR count). The maximum absolute atomic E-state index is 13.1. The van der Waals surface area contributed by atoms with Crippen LogP contribution in [0.2, 0.25) is 0 Å². The number of carbonyl (C=O) groups is 1. The number of ketones is 1. The van der Waals surface area contributed by atoms with Crippen LogP contribution in [0.1, 0.15) is 105 Å². The van der Waals surface area contributed by atoms with E-state index in [9.17, 15) is 4.79 Å². The van der Waals surface area contributed by atoms with Crippen LogP contribution in [-0.2, 0) is 4.79 Å². The van der Waals surface area contributed by atoms with E-state index in [1.807, 2.05) is 0 Å². The largest absolute Gasteiger partial charge is 0.295 e. The van der Waals surface area contributed by atoms with Crippen molar-refractivity contribution in [1.82, 2.24) is 0 Å². The predicted molar refractivity (Wildman–Crippen MR) is 118 cm³/mol. The van der Waals surface area contributed by atoms with Crippen LogP contribution in [0.4, 0.5) is 0 Å². The minimum Gasteiger partial charge on any atom is -0.295 e. The first-order valence-corrected chi connectivity index (χ1v) is 12.5. The lowest BCUT2D eigenvalue weighted by Gasteiger charge is -2.56. The van der Waals surface area contributed by atoms with Gasteiger partial charge in [0, 0.05) is 5.92 Å². The fourth-order valence-corrected chi connectivity index (χ4v) is 8.44. The van der Waals surface area contributed by atoms with E-state index in [-0.39, 0.29) is 5.41 Å². The molecule has 0 amide bonds. The van der Waals surface area contributed by atoms with Gasteiger partial charge in [-0.1, -0.05) is 72.3 Å². The molecule has 0 aromatic heterocycles. The Kier molecular flexibility index (Phi) is 5.60. The van der Waals surface area contributed by atoms with E-state index < -0.39 is 0 Å². The molecule has 0 aliphatic heterocycles. The van der Waals surface area contributed by atoms with Crippen LogP contribution in [0.15, 0.2) is 11.6 Å². The SMILES string of the molecule is CC(C)CCC[C@@H](C)[C@H]1CC[C@H]2C3=CC(=O)[C@@H]4CCCC[C@]4(C)[C@H]3CC[C@]12C. The third kappa shape index (κ3) is 3.24. The van der Waals surface area contributed by atoms with E-state index in [1.54, 1.807) is 5.57 Å². The van der Waals surface area contributed by atoms with Crippen LogP contribution in [0.3, 0.4) is 0 Å². The standard InChI is InChI=1S/C27H44O/c1-18(2)9-8-10-19(3)21-12-13-22-20-17-25(28)24-11-6-7-15-26(24,4)23(20)14-16-27(21,22)5/h17-19,21-24H,6-16H2,1-5H3/t19-,21-,22+,23+,24+,26-,27-/m1/s1. The molecule has 0 aromatic carbocycles. The van der Waals surface area contributed by atoms with E-state index in [2.05, 4.69) is 40.7 Å². The van der Waals surface area contributed by atoms with Crippen molar-refractivity contribution in [2.45, 2.75) is 105 Å². The summed E-state index contributed by atoms with van der Waals surface area (Å²) in [5, 5.41) is 0. The smallest absolute Gasteiger partial charge is 0.159 e. The molecule has 0 heterocycles. The molecule has 0 N–H and O–H groups in total. The van der Waals surface area contributed by atoms with Gasteiger partial charge in [0.2, 0.25) is 0 Å². The first kappa shape index (κ1) is 20.7. The van der Waals surface area contributed by atoms with Gasteiger partial charge in [-0.2, -0.15) is 0 Å². The zero-order chi connectivity index (χ0) is 20.1. The minimum atomic E-state index is 0.266. The van der Waals surface area contributed by atoms with E-state index >= 15 is 0 Å². The summed E-state index contributed by atoms with van der Waals surface area (Å²) in [6.07, 6.45) is 16.8. The maximum Gasteiger partial charge on any atom is 0.159 e. The van der Waals surface area contributed by atoms with Gasteiger partial charge >= 0.3 is 0 Å². The second-order valence-electron chi connectivity index (χ2n) is 12.0.